The van der Waals surface area contributed by atoms with Crippen molar-refractivity contribution in [2.45, 2.75) is 28.7 Å². The van der Waals surface area contributed by atoms with Gasteiger partial charge in [0.05, 0.1) is 89.9 Å². The number of nitrogens with one attached hydrogen (secondary N) is 4. The van der Waals surface area contributed by atoms with Crippen LogP contribution in [0.25, 0.3) is 21.8 Å². The van der Waals surface area contributed by atoms with E-state index in [-0.39, 0.29) is 90.5 Å². The molecule has 6 rings (SSSR count). The van der Waals surface area contributed by atoms with Gasteiger partial charge in [-0.1, -0.05) is 27.0 Å². The summed E-state index contributed by atoms with van der Waals surface area (Å²) in [6.07, 6.45) is 0. The van der Waals surface area contributed by atoms with E-state index in [4.69, 9.17) is 44.1 Å². The molecular weight excluding hydrogens is 1190 g/mol. The third-order valence-corrected chi connectivity index (χ3v) is 14.5. The Bertz CT molecular complexity index is 2980. The number of aromatic nitrogens is 2. The molecule has 0 atom stereocenters. The Morgan fingerprint density at radius 1 is 0.462 bits per heavy atom. The number of rotatable bonds is 32. The number of nitrogens with zero attached hydrogens (tertiary/aromatic N) is 8. The largest absolute Gasteiger partial charge is 0.480 e. The molecule has 510 valence electrons. The highest BCUT2D eigenvalue weighted by atomic mass is 16.6. The third kappa shape index (κ3) is 31.3. The van der Waals surface area contributed by atoms with E-state index < -0.39 is 37.5 Å². The van der Waals surface area contributed by atoms with Gasteiger partial charge in [-0.15, -0.1) is 0 Å². The number of carboxylic acids is 4. The molecule has 0 bridgehead atoms. The number of amides is 2. The number of aromatic amines is 2. The second-order valence-electron chi connectivity index (χ2n) is 21.5. The molecule has 2 aliphatic heterocycles. The van der Waals surface area contributed by atoms with E-state index >= 15 is 0 Å². The first kappa shape index (κ1) is 78.3. The van der Waals surface area contributed by atoms with Gasteiger partial charge in [0.1, 0.15) is 27.0 Å². The summed E-state index contributed by atoms with van der Waals surface area (Å²) in [6.45, 7) is 13.2. The van der Waals surface area contributed by atoms with Crippen molar-refractivity contribution >= 4 is 68.9 Å². The Labute approximate surface area is 529 Å². The Morgan fingerprint density at radius 2 is 0.758 bits per heavy atom. The summed E-state index contributed by atoms with van der Waals surface area (Å²) in [7, 11) is 0. The lowest BCUT2D eigenvalue weighted by Gasteiger charge is -2.29. The van der Waals surface area contributed by atoms with Crippen molar-refractivity contribution in [1.29, 1.82) is 0 Å². The molecule has 2 fully saturated rings. The van der Waals surface area contributed by atoms with Crippen LogP contribution in [0.4, 0.5) is 11.4 Å². The Hall–Kier alpha value is -6.92. The van der Waals surface area contributed by atoms with Crippen LogP contribution in [0.2, 0.25) is 0 Å². The van der Waals surface area contributed by atoms with Gasteiger partial charge in [-0.05, 0) is 49.2 Å². The van der Waals surface area contributed by atoms with Gasteiger partial charge in [0, 0.05) is 139 Å². The van der Waals surface area contributed by atoms with Crippen molar-refractivity contribution in [2.75, 3.05) is 221 Å². The number of carbonyl (C=O) groups excluding carboxylic acids is 2. The summed E-state index contributed by atoms with van der Waals surface area (Å²) in [5, 5.41) is 62.3. The zero-order valence-electron chi connectivity index (χ0n) is 50.8. The third-order valence-electron chi connectivity index (χ3n) is 14.5. The van der Waals surface area contributed by atoms with Crippen LogP contribution in [0.1, 0.15) is 26.0 Å². The minimum Gasteiger partial charge on any atom is -0.480 e. The monoisotopic (exact) mass is 1290 g/mol. The van der Waals surface area contributed by atoms with Crippen LogP contribution in [0.15, 0.2) is 58.1 Å². The maximum atomic E-state index is 12.9. The van der Waals surface area contributed by atoms with E-state index in [1.807, 2.05) is 26.0 Å². The van der Waals surface area contributed by atoms with E-state index in [2.05, 4.69) is 40.2 Å². The predicted octanol–water partition coefficient (Wildman–Crippen LogP) is -0.499. The lowest BCUT2D eigenvalue weighted by molar-refractivity contribution is -0.142. The van der Waals surface area contributed by atoms with Crippen LogP contribution < -0.4 is 21.8 Å². The minimum absolute atomic E-state index is 0. The average Bonchev–Trinajstić information content (AvgIpc) is 1.01. The number of hydrogen-bond donors (Lipinski definition) is 10. The lowest BCUT2D eigenvalue weighted by atomic mass is 10.1. The van der Waals surface area contributed by atoms with Crippen molar-refractivity contribution < 1.29 is 83.1 Å². The maximum absolute atomic E-state index is 12.9. The first-order valence-corrected chi connectivity index (χ1v) is 29.4. The molecule has 0 aliphatic carbocycles. The molecule has 2 aliphatic rings. The van der Waals surface area contributed by atoms with Gasteiger partial charge in [-0.25, -0.2) is 0 Å². The smallest absolute Gasteiger partial charge is 0.317 e. The summed E-state index contributed by atoms with van der Waals surface area (Å²) in [6, 6.07) is 13.5. The van der Waals surface area contributed by atoms with Gasteiger partial charge in [0.2, 0.25) is 22.9 Å². The molecule has 2 saturated heterocycles. The lowest BCUT2D eigenvalue weighted by Crippen LogP contribution is -2.45. The number of pyridine rings is 2. The summed E-state index contributed by atoms with van der Waals surface area (Å²) in [5.41, 5.74) is 3.38. The average molecular weight is 1290 g/mol. The van der Waals surface area contributed by atoms with Crippen LogP contribution in [-0.2, 0) is 52.5 Å². The Kier molecular flexibility index (Phi) is 37.0. The number of aliphatic hydroxyl groups excluding tert-OH is 2. The van der Waals surface area contributed by atoms with Crippen molar-refractivity contribution in [3.05, 3.63) is 80.4 Å². The maximum Gasteiger partial charge on any atom is 0.317 e. The number of carboxylic acid groups (broad SMARTS) is 4. The fourth-order valence-corrected chi connectivity index (χ4v) is 9.97. The number of fused-ring (bicyclic) bond motifs is 2. The Morgan fingerprint density at radius 3 is 1.07 bits per heavy atom. The number of ether oxygens (including phenoxy) is 5. The number of hydrogen-bond acceptors (Lipinski definition) is 23. The second kappa shape index (κ2) is 43.0. The molecule has 2 aromatic heterocycles. The molecule has 2 amide bonds. The van der Waals surface area contributed by atoms with E-state index in [1.54, 1.807) is 43.9 Å². The highest BCUT2D eigenvalue weighted by Crippen LogP contribution is 2.21. The number of anilines is 2. The summed E-state index contributed by atoms with van der Waals surface area (Å²) >= 11 is 0. The molecule has 2 aromatic carbocycles. The molecule has 91 heavy (non-hydrogen) atoms. The van der Waals surface area contributed by atoms with Gasteiger partial charge in [0.25, 0.3) is 0 Å². The molecule has 4 heterocycles. The van der Waals surface area contributed by atoms with Crippen LogP contribution in [0.3, 0.4) is 0 Å². The van der Waals surface area contributed by atoms with Gasteiger partial charge in [0.15, 0.2) is 0 Å². The quantitative estimate of drug-likeness (QED) is 0.0276. The summed E-state index contributed by atoms with van der Waals surface area (Å²) in [4.78, 5) is 115. The first-order chi connectivity index (χ1) is 42.7. The number of aliphatic hydroxyl groups is 2. The summed E-state index contributed by atoms with van der Waals surface area (Å²) < 4.78 is 27.4. The second-order valence-corrected chi connectivity index (χ2v) is 21.5. The van der Waals surface area contributed by atoms with Crippen molar-refractivity contribution in [3.63, 3.8) is 0 Å². The zero-order chi connectivity index (χ0) is 64.5. The molecule has 0 spiro atoms. The van der Waals surface area contributed by atoms with Crippen LogP contribution >= 0.6 is 0 Å². The van der Waals surface area contributed by atoms with Gasteiger partial charge < -0.3 is 74.9 Å². The molecule has 10 N–H and O–H groups in total. The predicted molar refractivity (Wildman–Crippen MR) is 340 cm³/mol. The van der Waals surface area contributed by atoms with Gasteiger partial charge in [-0.2, -0.15) is 0 Å². The molecule has 4 aromatic rings. The van der Waals surface area contributed by atoms with Crippen LogP contribution in [0, 0.1) is 13.8 Å². The van der Waals surface area contributed by atoms with Gasteiger partial charge in [-0.3, -0.25) is 77.6 Å². The Balaban J connectivity index is 0.000000466. The number of aryl methyl sites for hydroxylation is 2. The van der Waals surface area contributed by atoms with Crippen molar-refractivity contribution in [3.8, 4) is 0 Å². The normalized spacial score (nSPS) is 15.3. The SMILES string of the molecule is C.C.Cc1cc(=O)[nH]c2cc(NC(=O)CN(CCN3CCOCCN(CCN(COCO)CC(=O)O)CC3)CC(=O)O)ccc12.Cc1cc(=O)[nH]c2cc(NC(=O)CN(CCN3CCOCCN(CCN(COCO)CC(=O)O)CCOCC3)CC(=O)O)ccc12. The van der Waals surface area contributed by atoms with Crippen molar-refractivity contribution in [2.24, 2.45) is 0 Å². The van der Waals surface area contributed by atoms with E-state index in [1.165, 1.54) is 12.1 Å². The minimum atomic E-state index is -1.04. The number of H-pyrrole nitrogens is 2. The number of benzene rings is 2. The molecule has 31 heteroatoms. The van der Waals surface area contributed by atoms with E-state index in [9.17, 15) is 48.6 Å². The van der Waals surface area contributed by atoms with Crippen LogP contribution in [0.5, 0.6) is 0 Å². The highest BCUT2D eigenvalue weighted by Gasteiger charge is 2.22. The van der Waals surface area contributed by atoms with Gasteiger partial charge >= 0.3 is 23.9 Å². The van der Waals surface area contributed by atoms with E-state index in [0.717, 1.165) is 21.9 Å². The fraction of sp³-hybridized carbons (Fsp3) is 0.600. The number of carbonyl (C=O) groups is 6. The molecule has 0 saturated carbocycles. The fourth-order valence-electron chi connectivity index (χ4n) is 9.97. The number of aliphatic carboxylic acids is 4. The molecular formula is C60H96N12O19. The highest BCUT2D eigenvalue weighted by molar-refractivity contribution is 5.96. The summed E-state index contributed by atoms with van der Waals surface area (Å²) in [5.74, 6) is -4.77. The molecule has 0 radical (unpaired) electrons. The molecule has 0 unspecified atom stereocenters. The topological polar surface area (TPSA) is 386 Å². The van der Waals surface area contributed by atoms with Crippen LogP contribution in [-0.4, -0.2) is 326 Å². The van der Waals surface area contributed by atoms with E-state index in [0.29, 0.717) is 167 Å². The van der Waals surface area contributed by atoms with Crippen molar-refractivity contribution in [1.82, 2.24) is 49.2 Å². The standard InChI is InChI=1S/C30H46N6O10.C28H42N6O9.2CH4/c1-23-16-27(38)32-26-17-24(2-3-25(23)26)31-28(39)18-35(19-29(40)41)6-4-33-8-12-44-14-10-34(11-15-45-13-9-33)5-7-36(20-30(42)43)21-46-22-37;1-21-14-25(36)30-24-15-22(2-3-23(21)24)29-26(37)16-33(17-27(38)39)8-6-31-4-5-32(11-13-42-12-10-31)7-9-34(18-28(40)41)19-43-20-35;;/h2-3,16-17,37H,4-15,18-22H2,1H3,(H,31,39)(H,32,38)(H,40,41)(H,42,43);2-3,14-15,35H,4-13,16-20H2,1H3,(H,29,37)(H,30,36)(H,38,39)(H,40,41);2*1H4. The first-order valence-electron chi connectivity index (χ1n) is 29.4. The molecule has 31 nitrogen and oxygen atoms in total. The zero-order valence-corrected chi connectivity index (χ0v) is 50.8.